The monoisotopic (exact) mass is 381 g/mol. The second-order valence-electron chi connectivity index (χ2n) is 5.25. The van der Waals surface area contributed by atoms with Crippen molar-refractivity contribution in [2.75, 3.05) is 32.7 Å². The van der Waals surface area contributed by atoms with Crippen molar-refractivity contribution < 1.29 is 21.6 Å². The van der Waals surface area contributed by atoms with Crippen molar-refractivity contribution in [2.24, 2.45) is 0 Å². The van der Waals surface area contributed by atoms with Gasteiger partial charge >= 0.3 is 6.18 Å². The fourth-order valence-electron chi connectivity index (χ4n) is 2.36. The van der Waals surface area contributed by atoms with Gasteiger partial charge in [-0.1, -0.05) is 0 Å². The van der Waals surface area contributed by atoms with E-state index in [2.05, 4.69) is 5.32 Å². The van der Waals surface area contributed by atoms with E-state index in [0.717, 1.165) is 24.3 Å². The number of nitrogens with one attached hydrogen (secondary N) is 1. The number of rotatable bonds is 3. The molecule has 1 aliphatic rings. The molecule has 1 aliphatic heterocycles. The number of benzene rings is 1. The van der Waals surface area contributed by atoms with Gasteiger partial charge in [0.2, 0.25) is 10.0 Å². The summed E-state index contributed by atoms with van der Waals surface area (Å²) < 4.78 is 64.0. The first-order chi connectivity index (χ1) is 11.2. The Labute approximate surface area is 144 Å². The largest absolute Gasteiger partial charge is 0.416 e. The van der Waals surface area contributed by atoms with Gasteiger partial charge in [0, 0.05) is 32.7 Å². The lowest BCUT2D eigenvalue weighted by atomic mass is 10.2. The zero-order valence-corrected chi connectivity index (χ0v) is 14.6. The summed E-state index contributed by atoms with van der Waals surface area (Å²) in [5.74, 6) is 0. The molecular formula is C14H18F3N3O2S2. The van der Waals surface area contributed by atoms with Crippen molar-refractivity contribution in [3.8, 4) is 0 Å². The predicted molar refractivity (Wildman–Crippen MR) is 88.1 cm³/mol. The van der Waals surface area contributed by atoms with Gasteiger partial charge in [0.15, 0.2) is 5.11 Å². The molecule has 10 heteroatoms. The van der Waals surface area contributed by atoms with Gasteiger partial charge in [0.05, 0.1) is 10.5 Å². The van der Waals surface area contributed by atoms with E-state index < -0.39 is 21.8 Å². The lowest BCUT2D eigenvalue weighted by molar-refractivity contribution is -0.137. The van der Waals surface area contributed by atoms with Gasteiger partial charge in [0.25, 0.3) is 0 Å². The Balaban J connectivity index is 2.08. The molecule has 0 aliphatic carbocycles. The van der Waals surface area contributed by atoms with Crippen molar-refractivity contribution in [3.63, 3.8) is 0 Å². The van der Waals surface area contributed by atoms with Gasteiger partial charge in [-0.3, -0.25) is 0 Å². The van der Waals surface area contributed by atoms with E-state index in [1.54, 1.807) is 0 Å². The summed E-state index contributed by atoms with van der Waals surface area (Å²) in [4.78, 5) is 1.73. The molecule has 0 radical (unpaired) electrons. The van der Waals surface area contributed by atoms with Crippen LogP contribution in [0.25, 0.3) is 0 Å². The third-order valence-electron chi connectivity index (χ3n) is 3.67. The van der Waals surface area contributed by atoms with Crippen LogP contribution in [0.1, 0.15) is 12.5 Å². The zero-order chi connectivity index (χ0) is 18.0. The SMILES string of the molecule is CCNC(=S)N1CCN(S(=O)(=O)c2ccc(C(F)(F)F)cc2)CC1. The fraction of sp³-hybridized carbons (Fsp3) is 0.500. The van der Waals surface area contributed by atoms with E-state index >= 15 is 0 Å². The highest BCUT2D eigenvalue weighted by Gasteiger charge is 2.32. The average molecular weight is 381 g/mol. The lowest BCUT2D eigenvalue weighted by Gasteiger charge is -2.35. The highest BCUT2D eigenvalue weighted by atomic mass is 32.2. The maximum atomic E-state index is 12.6. The van der Waals surface area contributed by atoms with E-state index in [1.807, 2.05) is 11.8 Å². The number of sulfonamides is 1. The van der Waals surface area contributed by atoms with E-state index in [-0.39, 0.29) is 18.0 Å². The van der Waals surface area contributed by atoms with Gasteiger partial charge in [-0.15, -0.1) is 0 Å². The summed E-state index contributed by atoms with van der Waals surface area (Å²) in [6.45, 7) is 3.93. The Morgan fingerprint density at radius 1 is 1.17 bits per heavy atom. The molecule has 0 atom stereocenters. The van der Waals surface area contributed by atoms with Crippen LogP contribution in [0.15, 0.2) is 29.2 Å². The van der Waals surface area contributed by atoms with Gasteiger partial charge in [-0.25, -0.2) is 8.42 Å². The molecule has 134 valence electrons. The molecule has 0 saturated carbocycles. The van der Waals surface area contributed by atoms with Crippen molar-refractivity contribution in [1.29, 1.82) is 0 Å². The molecule has 0 spiro atoms. The Bertz CT molecular complexity index is 682. The van der Waals surface area contributed by atoms with Gasteiger partial charge in [-0.2, -0.15) is 17.5 Å². The molecule has 1 N–H and O–H groups in total. The second kappa shape index (κ2) is 7.24. The van der Waals surface area contributed by atoms with Gasteiger partial charge < -0.3 is 10.2 Å². The van der Waals surface area contributed by atoms with E-state index in [0.29, 0.717) is 24.7 Å². The lowest BCUT2D eigenvalue weighted by Crippen LogP contribution is -2.52. The normalized spacial score (nSPS) is 16.9. The maximum absolute atomic E-state index is 12.6. The topological polar surface area (TPSA) is 52.6 Å². The van der Waals surface area contributed by atoms with Crippen LogP contribution in [0.2, 0.25) is 0 Å². The van der Waals surface area contributed by atoms with Crippen LogP contribution < -0.4 is 5.32 Å². The number of thiocarbonyl (C=S) groups is 1. The Morgan fingerprint density at radius 2 is 1.71 bits per heavy atom. The molecule has 2 rings (SSSR count). The number of halogens is 3. The molecule has 0 aromatic heterocycles. The molecule has 5 nitrogen and oxygen atoms in total. The molecule has 0 unspecified atom stereocenters. The number of alkyl halides is 3. The van der Waals surface area contributed by atoms with E-state index in [4.69, 9.17) is 12.2 Å². The molecule has 0 bridgehead atoms. The van der Waals surface area contributed by atoms with Crippen molar-refractivity contribution in [2.45, 2.75) is 18.0 Å². The van der Waals surface area contributed by atoms with Crippen LogP contribution in [0.5, 0.6) is 0 Å². The first kappa shape index (κ1) is 18.9. The van der Waals surface area contributed by atoms with Gasteiger partial charge in [-0.05, 0) is 43.4 Å². The number of piperazine rings is 1. The maximum Gasteiger partial charge on any atom is 0.416 e. The molecule has 24 heavy (non-hydrogen) atoms. The van der Waals surface area contributed by atoms with Gasteiger partial charge in [0.1, 0.15) is 0 Å². The Kier molecular flexibility index (Phi) is 5.71. The highest BCUT2D eigenvalue weighted by molar-refractivity contribution is 7.89. The third-order valence-corrected chi connectivity index (χ3v) is 5.99. The average Bonchev–Trinajstić information content (AvgIpc) is 2.54. The van der Waals surface area contributed by atoms with E-state index in [9.17, 15) is 21.6 Å². The molecule has 1 aromatic rings. The summed E-state index contributed by atoms with van der Waals surface area (Å²) in [5, 5.41) is 3.58. The van der Waals surface area contributed by atoms with Crippen molar-refractivity contribution >= 4 is 27.4 Å². The van der Waals surface area contributed by atoms with Crippen LogP contribution in [-0.2, 0) is 16.2 Å². The standard InChI is InChI=1S/C14H18F3N3O2S2/c1-2-18-13(23)19-7-9-20(10-8-19)24(21,22)12-5-3-11(4-6-12)14(15,16)17/h3-6H,2,7-10H2,1H3,(H,18,23). The minimum atomic E-state index is -4.49. The number of hydrogen-bond acceptors (Lipinski definition) is 3. The van der Waals surface area contributed by atoms with E-state index in [1.165, 1.54) is 4.31 Å². The van der Waals surface area contributed by atoms with Crippen LogP contribution in [0.3, 0.4) is 0 Å². The smallest absolute Gasteiger partial charge is 0.363 e. The van der Waals surface area contributed by atoms with Crippen molar-refractivity contribution in [1.82, 2.24) is 14.5 Å². The molecular weight excluding hydrogens is 363 g/mol. The van der Waals surface area contributed by atoms with Crippen molar-refractivity contribution in [3.05, 3.63) is 29.8 Å². The Morgan fingerprint density at radius 3 is 2.17 bits per heavy atom. The quantitative estimate of drug-likeness (QED) is 0.811. The van der Waals surface area contributed by atoms with Crippen LogP contribution in [0.4, 0.5) is 13.2 Å². The van der Waals surface area contributed by atoms with Crippen LogP contribution in [-0.4, -0.2) is 55.5 Å². The summed E-state index contributed by atoms with van der Waals surface area (Å²) in [7, 11) is -3.81. The molecule has 1 heterocycles. The summed E-state index contributed by atoms with van der Waals surface area (Å²) in [6, 6.07) is 3.55. The van der Waals surface area contributed by atoms with Crippen LogP contribution in [0, 0.1) is 0 Å². The molecule has 1 fully saturated rings. The summed E-state index contributed by atoms with van der Waals surface area (Å²) >= 11 is 5.19. The fourth-order valence-corrected chi connectivity index (χ4v) is 4.11. The first-order valence-electron chi connectivity index (χ1n) is 7.36. The summed E-state index contributed by atoms with van der Waals surface area (Å²) in [6.07, 6.45) is -4.49. The first-order valence-corrected chi connectivity index (χ1v) is 9.21. The Hall–Kier alpha value is -1.39. The second-order valence-corrected chi connectivity index (χ2v) is 7.57. The molecule has 0 amide bonds. The van der Waals surface area contributed by atoms with Crippen LogP contribution >= 0.6 is 12.2 Å². The zero-order valence-electron chi connectivity index (χ0n) is 13.0. The summed E-state index contributed by atoms with van der Waals surface area (Å²) in [5.41, 5.74) is -0.873. The highest BCUT2D eigenvalue weighted by Crippen LogP contribution is 2.30. The molecule has 1 aromatic carbocycles. The molecule has 1 saturated heterocycles. The third kappa shape index (κ3) is 4.17. The number of nitrogens with zero attached hydrogens (tertiary/aromatic N) is 2. The number of hydrogen-bond donors (Lipinski definition) is 1. The predicted octanol–water partition coefficient (Wildman–Crippen LogP) is 1.91. The minimum Gasteiger partial charge on any atom is -0.363 e. The minimum absolute atomic E-state index is 0.141.